The number of anilines is 2. The minimum absolute atomic E-state index is 0.0819. The number of carbonyl (C=O) groups is 1. The Morgan fingerprint density at radius 1 is 1.12 bits per heavy atom. The summed E-state index contributed by atoms with van der Waals surface area (Å²) in [6, 6.07) is 4.19. The van der Waals surface area contributed by atoms with Crippen LogP contribution < -0.4 is 20.5 Å². The summed E-state index contributed by atoms with van der Waals surface area (Å²) >= 11 is 1.69. The van der Waals surface area contributed by atoms with E-state index in [0.29, 0.717) is 18.3 Å². The van der Waals surface area contributed by atoms with E-state index in [1.165, 1.54) is 10.8 Å². The molecular weight excluding hydrogens is 330 g/mol. The lowest BCUT2D eigenvalue weighted by Gasteiger charge is -2.27. The number of hydrogen-bond acceptors (Lipinski definition) is 4. The van der Waals surface area contributed by atoms with Crippen LogP contribution in [0, 0.1) is 0 Å². The van der Waals surface area contributed by atoms with Crippen molar-refractivity contribution in [2.75, 3.05) is 23.1 Å². The molecule has 0 bridgehead atoms. The molecule has 2 N–H and O–H groups in total. The van der Waals surface area contributed by atoms with Gasteiger partial charge in [-0.1, -0.05) is 36.4 Å². The quantitative estimate of drug-likeness (QED) is 0.821. The fourth-order valence-electron chi connectivity index (χ4n) is 3.48. The van der Waals surface area contributed by atoms with Crippen LogP contribution in [0.25, 0.3) is 11.1 Å². The van der Waals surface area contributed by atoms with Gasteiger partial charge >= 0.3 is 0 Å². The molecule has 128 valence electrons. The van der Waals surface area contributed by atoms with Gasteiger partial charge in [0.25, 0.3) is 5.91 Å². The van der Waals surface area contributed by atoms with Gasteiger partial charge in [0.05, 0.1) is 22.2 Å². The number of fused-ring (bicyclic) bond motifs is 4. The molecule has 25 heavy (non-hydrogen) atoms. The third-order valence-electron chi connectivity index (χ3n) is 4.83. The van der Waals surface area contributed by atoms with Crippen LogP contribution >= 0.6 is 11.9 Å². The SMILES string of the molecule is CCN(CC)C(=O)C1=c2ccc3c(c2NC=C1)NSC1C=CC=CC=31. The molecule has 1 aliphatic carbocycles. The van der Waals surface area contributed by atoms with Crippen molar-refractivity contribution in [1.82, 2.24) is 4.90 Å². The summed E-state index contributed by atoms with van der Waals surface area (Å²) in [5, 5.41) is 5.83. The highest BCUT2D eigenvalue weighted by atomic mass is 32.2. The summed E-state index contributed by atoms with van der Waals surface area (Å²) in [6.07, 6.45) is 12.3. The lowest BCUT2D eigenvalue weighted by atomic mass is 9.99. The van der Waals surface area contributed by atoms with Gasteiger partial charge in [-0.25, -0.2) is 0 Å². The van der Waals surface area contributed by atoms with Crippen LogP contribution in [0.5, 0.6) is 0 Å². The van der Waals surface area contributed by atoms with E-state index in [0.717, 1.165) is 22.2 Å². The minimum atomic E-state index is 0.0819. The Labute approximate surface area is 151 Å². The number of carbonyl (C=O) groups excluding carboxylic acids is 1. The number of rotatable bonds is 3. The highest BCUT2D eigenvalue weighted by Gasteiger charge is 2.24. The van der Waals surface area contributed by atoms with Gasteiger partial charge in [0, 0.05) is 29.7 Å². The Balaban J connectivity index is 1.94. The van der Waals surface area contributed by atoms with Crippen molar-refractivity contribution in [3.05, 3.63) is 59.2 Å². The van der Waals surface area contributed by atoms with Gasteiger partial charge < -0.3 is 14.9 Å². The topological polar surface area (TPSA) is 44.4 Å². The van der Waals surface area contributed by atoms with Gasteiger partial charge in [0.15, 0.2) is 0 Å². The second-order valence-corrected chi connectivity index (χ2v) is 7.07. The van der Waals surface area contributed by atoms with Crippen LogP contribution in [0.1, 0.15) is 13.8 Å². The summed E-state index contributed by atoms with van der Waals surface area (Å²) in [4.78, 5) is 14.7. The molecule has 0 fully saturated rings. The molecule has 2 heterocycles. The third-order valence-corrected chi connectivity index (χ3v) is 5.82. The summed E-state index contributed by atoms with van der Waals surface area (Å²) in [5.74, 6) is 0.0819. The molecule has 4 rings (SSSR count). The second-order valence-electron chi connectivity index (χ2n) is 6.12. The molecule has 1 aromatic carbocycles. The van der Waals surface area contributed by atoms with E-state index in [9.17, 15) is 4.79 Å². The lowest BCUT2D eigenvalue weighted by molar-refractivity contribution is -0.124. The van der Waals surface area contributed by atoms with Gasteiger partial charge in [-0.2, -0.15) is 0 Å². The molecule has 1 unspecified atom stereocenters. The van der Waals surface area contributed by atoms with Crippen molar-refractivity contribution >= 4 is 40.4 Å². The maximum Gasteiger partial charge on any atom is 0.254 e. The number of nitrogens with one attached hydrogen (secondary N) is 2. The van der Waals surface area contributed by atoms with Crippen LogP contribution in [-0.2, 0) is 4.79 Å². The predicted molar refractivity (Wildman–Crippen MR) is 106 cm³/mol. The molecule has 1 amide bonds. The van der Waals surface area contributed by atoms with Gasteiger partial charge in [0.2, 0.25) is 0 Å². The first kappa shape index (κ1) is 16.1. The lowest BCUT2D eigenvalue weighted by Crippen LogP contribution is -2.35. The molecule has 4 nitrogen and oxygen atoms in total. The zero-order valence-corrected chi connectivity index (χ0v) is 15.2. The summed E-state index contributed by atoms with van der Waals surface area (Å²) in [5.41, 5.74) is 4.09. The van der Waals surface area contributed by atoms with Gasteiger partial charge in [-0.05, 0) is 37.4 Å². The molecular formula is C20H21N3OS. The van der Waals surface area contributed by atoms with E-state index in [4.69, 9.17) is 0 Å². The van der Waals surface area contributed by atoms with Crippen molar-refractivity contribution in [3.8, 4) is 0 Å². The van der Waals surface area contributed by atoms with Gasteiger partial charge in [-0.15, -0.1) is 0 Å². The first-order chi connectivity index (χ1) is 12.2. The van der Waals surface area contributed by atoms with Crippen molar-refractivity contribution in [2.24, 2.45) is 0 Å². The smallest absolute Gasteiger partial charge is 0.254 e. The monoisotopic (exact) mass is 351 g/mol. The Kier molecular flexibility index (Phi) is 4.17. The number of benzene rings is 1. The molecule has 2 aliphatic heterocycles. The molecule has 0 saturated carbocycles. The molecule has 0 radical (unpaired) electrons. The largest absolute Gasteiger partial charge is 0.359 e. The predicted octanol–water partition coefficient (Wildman–Crippen LogP) is 2.36. The Morgan fingerprint density at radius 2 is 1.92 bits per heavy atom. The van der Waals surface area contributed by atoms with E-state index in [1.807, 2.05) is 31.0 Å². The van der Waals surface area contributed by atoms with Crippen LogP contribution in [0.4, 0.5) is 11.4 Å². The average Bonchev–Trinajstić information content (AvgIpc) is 2.67. The molecule has 5 heteroatoms. The fourth-order valence-corrected chi connectivity index (χ4v) is 4.44. The van der Waals surface area contributed by atoms with Gasteiger partial charge in [-0.3, -0.25) is 4.79 Å². The average molecular weight is 351 g/mol. The van der Waals surface area contributed by atoms with E-state index in [-0.39, 0.29) is 5.91 Å². The summed E-state index contributed by atoms with van der Waals surface area (Å²) in [7, 11) is 0. The number of amides is 1. The summed E-state index contributed by atoms with van der Waals surface area (Å²) in [6.45, 7) is 5.45. The van der Waals surface area contributed by atoms with Gasteiger partial charge in [0.1, 0.15) is 0 Å². The maximum atomic E-state index is 12.9. The standard InChI is InChI=1S/C20H21N3OS/c1-3-23(4-2)20(24)16-11-12-21-18-15(16)10-9-14-13-7-5-6-8-17(13)25-22-19(14)18/h5-12,17,21-22H,3-4H2,1-2H3. The zero-order valence-electron chi connectivity index (χ0n) is 14.4. The van der Waals surface area contributed by atoms with E-state index in [2.05, 4.69) is 46.5 Å². The first-order valence-electron chi connectivity index (χ1n) is 8.65. The van der Waals surface area contributed by atoms with Crippen LogP contribution in [-0.4, -0.2) is 29.1 Å². The second kappa shape index (κ2) is 6.48. The number of nitrogens with zero attached hydrogens (tertiary/aromatic N) is 1. The zero-order chi connectivity index (χ0) is 17.4. The van der Waals surface area contributed by atoms with Crippen molar-refractivity contribution < 1.29 is 4.79 Å². The molecule has 0 spiro atoms. The minimum Gasteiger partial charge on any atom is -0.359 e. The Bertz CT molecular complexity index is 938. The van der Waals surface area contributed by atoms with Crippen molar-refractivity contribution in [1.29, 1.82) is 0 Å². The Morgan fingerprint density at radius 3 is 2.72 bits per heavy atom. The highest BCUT2D eigenvalue weighted by molar-refractivity contribution is 8.01. The number of allylic oxidation sites excluding steroid dienone is 3. The first-order valence-corrected chi connectivity index (χ1v) is 9.53. The van der Waals surface area contributed by atoms with E-state index >= 15 is 0 Å². The van der Waals surface area contributed by atoms with E-state index in [1.54, 1.807) is 11.9 Å². The molecule has 0 saturated heterocycles. The van der Waals surface area contributed by atoms with Crippen LogP contribution in [0.2, 0.25) is 0 Å². The normalized spacial score (nSPS) is 19.5. The Hall–Kier alpha value is -2.40. The number of hydrogen-bond donors (Lipinski definition) is 2. The molecule has 0 aromatic heterocycles. The fraction of sp³-hybridized carbons (Fsp3) is 0.250. The third kappa shape index (κ3) is 2.59. The van der Waals surface area contributed by atoms with Crippen LogP contribution in [0.3, 0.4) is 0 Å². The molecule has 3 aliphatic rings. The van der Waals surface area contributed by atoms with Crippen LogP contribution in [0.15, 0.2) is 48.7 Å². The molecule has 1 atom stereocenters. The maximum absolute atomic E-state index is 12.9. The van der Waals surface area contributed by atoms with E-state index < -0.39 is 0 Å². The summed E-state index contributed by atoms with van der Waals surface area (Å²) < 4.78 is 3.48. The highest BCUT2D eigenvalue weighted by Crippen LogP contribution is 2.33. The van der Waals surface area contributed by atoms with Crippen molar-refractivity contribution in [3.63, 3.8) is 0 Å². The van der Waals surface area contributed by atoms with Crippen molar-refractivity contribution in [2.45, 2.75) is 19.1 Å². The molecule has 1 aromatic rings.